The first kappa shape index (κ1) is 42.6. The van der Waals surface area contributed by atoms with Gasteiger partial charge in [0, 0.05) is 67.0 Å². The zero-order chi connectivity index (χ0) is 77.3. The molecule has 0 fully saturated rings. The van der Waals surface area contributed by atoms with E-state index in [1.165, 1.54) is 22.3 Å². The second-order valence-corrected chi connectivity index (χ2v) is 30.0. The molecule has 0 atom stereocenters. The fraction of sp³-hybridized carbons (Fsp3) is 0.233. The van der Waals surface area contributed by atoms with Gasteiger partial charge >= 0.3 is 0 Å². The van der Waals surface area contributed by atoms with Crippen molar-refractivity contribution >= 4 is 101 Å². The van der Waals surface area contributed by atoms with E-state index < -0.39 is 109 Å². The Hall–Kier alpha value is -9.32. The van der Waals surface area contributed by atoms with Gasteiger partial charge in [0.15, 0.2) is 0 Å². The molecule has 4 heterocycles. The molecule has 0 radical (unpaired) electrons. The SMILES string of the molecule is [2H]c1c([2H])c([2H])c2c(c1[2H])c1c([2H])c([2H])c([2H])c([2H])c1n2-c1ccc2c(c1)N(c1ccc(-c3cc(C(C)(C)C)cc(C(C)(C)C)c3)cc1)c1cc(C(C)(C)C)cc3c1B2c1ccc(-n2c4c([2H])c([2H])c([2H])c([2H])c4c4c([2H])c([2H])c([2H])c([2H])c42)cc1N3c1cccc(-c2cc(C(C)(C)C)cc(C(C)(C)C)c2)c1. The van der Waals surface area contributed by atoms with Crippen LogP contribution in [0.5, 0.6) is 0 Å². The smallest absolute Gasteiger partial charge is 0.252 e. The van der Waals surface area contributed by atoms with Crippen LogP contribution >= 0.6 is 0 Å². The Labute approximate surface area is 562 Å². The molecule has 0 bridgehead atoms. The van der Waals surface area contributed by atoms with Crippen molar-refractivity contribution in [2.75, 3.05) is 9.80 Å². The van der Waals surface area contributed by atoms with Gasteiger partial charge in [-0.1, -0.05) is 249 Å². The number of anilines is 6. The van der Waals surface area contributed by atoms with Crippen LogP contribution in [0, 0.1) is 0 Å². The Morgan fingerprint density at radius 2 is 0.626 bits per heavy atom. The Morgan fingerprint density at radius 1 is 0.286 bits per heavy atom. The van der Waals surface area contributed by atoms with Gasteiger partial charge in [0.25, 0.3) is 6.71 Å². The van der Waals surface area contributed by atoms with Crippen molar-refractivity contribution in [1.82, 2.24) is 9.13 Å². The van der Waals surface area contributed by atoms with Crippen LogP contribution in [0.4, 0.5) is 34.1 Å². The van der Waals surface area contributed by atoms with Gasteiger partial charge < -0.3 is 18.9 Å². The Balaban J connectivity index is 1.09. The summed E-state index contributed by atoms with van der Waals surface area (Å²) in [7, 11) is 0. The van der Waals surface area contributed by atoms with Crippen molar-refractivity contribution in [3.05, 3.63) is 258 Å². The number of nitrogens with zero attached hydrogens (tertiary/aromatic N) is 4. The second-order valence-electron chi connectivity index (χ2n) is 30.0. The van der Waals surface area contributed by atoms with Gasteiger partial charge in [-0.2, -0.15) is 0 Å². The standard InChI is InChI=1S/C86H83BN4/c1-82(2,3)58-43-56(44-59(48-58)83(4,5)6)54-35-37-63(38-36-54)88-77-52-65(89-73-31-20-16-27-67(73)68-28-17-21-32-74(68)89)39-41-71(77)87-72-42-40-66(90-75-33-22-18-29-69(75)70-30-19-23-34-76(70)90)53-78(72)91(80-51-62(86(13,14)15)50-79(88)81(80)87)64-26-24-25-55(47-64)57-45-60(84(7,8)9)49-61(46-57)85(10,11)12/h16-53H,1-15H3/i16D,17D,18D,19D,20D,21D,22D,23D,27D,28D,29D,30D,31D,32D,33D,34D. The van der Waals surface area contributed by atoms with E-state index in [0.717, 1.165) is 67.0 Å². The average molecular weight is 1200 g/mol. The number of benzene rings is 11. The van der Waals surface area contributed by atoms with Crippen LogP contribution in [0.1, 0.15) is 154 Å². The fourth-order valence-corrected chi connectivity index (χ4v) is 13.5. The van der Waals surface area contributed by atoms with Crippen LogP contribution in [0.2, 0.25) is 0 Å². The summed E-state index contributed by atoms with van der Waals surface area (Å²) in [5.74, 6) is 0. The third-order valence-corrected chi connectivity index (χ3v) is 18.7. The summed E-state index contributed by atoms with van der Waals surface area (Å²) in [5, 5.41) is -0.204. The highest BCUT2D eigenvalue weighted by Crippen LogP contribution is 2.49. The fourth-order valence-electron chi connectivity index (χ4n) is 13.5. The van der Waals surface area contributed by atoms with Crippen molar-refractivity contribution < 1.29 is 21.9 Å². The van der Waals surface area contributed by atoms with Crippen LogP contribution in [0.25, 0.3) is 77.2 Å². The Morgan fingerprint density at radius 3 is 1.01 bits per heavy atom. The summed E-state index contributed by atoms with van der Waals surface area (Å²) in [5.41, 5.74) is 15.8. The van der Waals surface area contributed by atoms with E-state index in [1.807, 2.05) is 36.4 Å². The molecule has 0 saturated carbocycles. The van der Waals surface area contributed by atoms with E-state index in [9.17, 15) is 11.0 Å². The van der Waals surface area contributed by atoms with E-state index in [0.29, 0.717) is 22.7 Å². The maximum absolute atomic E-state index is 9.65. The number of aromatic nitrogens is 2. The van der Waals surface area contributed by atoms with Crippen molar-refractivity contribution in [2.24, 2.45) is 0 Å². The van der Waals surface area contributed by atoms with Gasteiger partial charge in [-0.15, -0.1) is 0 Å². The van der Waals surface area contributed by atoms with E-state index in [-0.39, 0.29) is 65.3 Å². The molecule has 15 rings (SSSR count). The third-order valence-electron chi connectivity index (χ3n) is 18.7. The first-order chi connectivity index (χ1) is 49.9. The highest BCUT2D eigenvalue weighted by atomic mass is 15.2. The molecule has 0 spiro atoms. The molecule has 5 heteroatoms. The number of fused-ring (bicyclic) bond motifs is 10. The van der Waals surface area contributed by atoms with Gasteiger partial charge in [-0.25, -0.2) is 0 Å². The van der Waals surface area contributed by atoms with Gasteiger partial charge in [-0.05, 0) is 178 Å². The van der Waals surface area contributed by atoms with E-state index in [4.69, 9.17) is 11.0 Å². The minimum atomic E-state index is -0.647. The zero-order valence-electron chi connectivity index (χ0n) is 70.6. The number of hydrogen-bond donors (Lipinski definition) is 0. The third kappa shape index (κ3) is 9.72. The molecular formula is C86H83BN4. The summed E-state index contributed by atoms with van der Waals surface area (Å²) in [6.45, 7) is 32.5. The Bertz CT molecular complexity index is 5860. The molecule has 0 saturated heterocycles. The molecule has 0 N–H and O–H groups in total. The molecule has 2 aliphatic heterocycles. The lowest BCUT2D eigenvalue weighted by molar-refractivity contribution is 0.568. The van der Waals surface area contributed by atoms with Crippen LogP contribution in [-0.2, 0) is 27.1 Å². The molecule has 0 amide bonds. The van der Waals surface area contributed by atoms with Crippen molar-refractivity contribution in [2.45, 2.75) is 131 Å². The van der Waals surface area contributed by atoms with Crippen LogP contribution in [0.15, 0.2) is 230 Å². The maximum Gasteiger partial charge on any atom is 0.252 e. The predicted octanol–water partition coefficient (Wildman–Crippen LogP) is 21.8. The molecule has 2 aliphatic rings. The van der Waals surface area contributed by atoms with Crippen LogP contribution < -0.4 is 26.2 Å². The summed E-state index contributed by atoms with van der Waals surface area (Å²) >= 11 is 0. The monoisotopic (exact) mass is 1200 g/mol. The van der Waals surface area contributed by atoms with Crippen LogP contribution in [-0.4, -0.2) is 15.8 Å². The lowest BCUT2D eigenvalue weighted by atomic mass is 9.33. The minimum Gasteiger partial charge on any atom is -0.311 e. The minimum absolute atomic E-state index is 0.0255. The molecule has 0 aliphatic carbocycles. The lowest BCUT2D eigenvalue weighted by Crippen LogP contribution is -2.61. The van der Waals surface area contributed by atoms with E-state index in [2.05, 4.69) is 211 Å². The van der Waals surface area contributed by atoms with Gasteiger partial charge in [0.2, 0.25) is 0 Å². The highest BCUT2D eigenvalue weighted by molar-refractivity contribution is 7.00. The van der Waals surface area contributed by atoms with E-state index in [1.54, 1.807) is 9.13 Å². The zero-order valence-corrected chi connectivity index (χ0v) is 54.6. The van der Waals surface area contributed by atoms with Gasteiger partial charge in [-0.3, -0.25) is 0 Å². The number of para-hydroxylation sites is 4. The molecule has 0 unspecified atom stereocenters. The molecule has 13 aromatic rings. The Kier molecular flexibility index (Phi) is 9.65. The van der Waals surface area contributed by atoms with Gasteiger partial charge in [0.1, 0.15) is 0 Å². The normalized spacial score (nSPS) is 16.1. The molecule has 11 aromatic carbocycles. The summed E-state index contributed by atoms with van der Waals surface area (Å²) in [6, 6.07) is 38.8. The number of hydrogen-bond acceptors (Lipinski definition) is 2. The molecular weight excluding hydrogens is 1100 g/mol. The first-order valence-corrected chi connectivity index (χ1v) is 31.5. The second kappa shape index (κ2) is 20.6. The molecule has 2 aromatic heterocycles. The highest BCUT2D eigenvalue weighted by Gasteiger charge is 2.45. The van der Waals surface area contributed by atoms with Gasteiger partial charge in [0.05, 0.1) is 44.0 Å². The van der Waals surface area contributed by atoms with Crippen LogP contribution in [0.3, 0.4) is 0 Å². The van der Waals surface area contributed by atoms with Crippen molar-refractivity contribution in [1.29, 1.82) is 0 Å². The molecule has 450 valence electrons. The molecule has 4 nitrogen and oxygen atoms in total. The summed E-state index contributed by atoms with van der Waals surface area (Å²) in [6.07, 6.45) is 0. The number of rotatable bonds is 6. The first-order valence-electron chi connectivity index (χ1n) is 39.5. The topological polar surface area (TPSA) is 16.3 Å². The van der Waals surface area contributed by atoms with Crippen molar-refractivity contribution in [3.8, 4) is 33.6 Å². The molecule has 91 heavy (non-hydrogen) atoms. The predicted molar refractivity (Wildman–Crippen MR) is 394 cm³/mol. The lowest BCUT2D eigenvalue weighted by Gasteiger charge is -2.45. The quantitative estimate of drug-likeness (QED) is 0.154. The van der Waals surface area contributed by atoms with Crippen molar-refractivity contribution in [3.63, 3.8) is 0 Å². The summed E-state index contributed by atoms with van der Waals surface area (Å²) in [4.78, 5) is 4.48. The van der Waals surface area contributed by atoms with E-state index >= 15 is 0 Å². The maximum atomic E-state index is 9.65. The largest absolute Gasteiger partial charge is 0.311 e. The summed E-state index contributed by atoms with van der Waals surface area (Å²) < 4.78 is 151. The average Bonchev–Trinajstić information content (AvgIpc) is 1.64.